The number of carbonyl (C=O) groups excluding carboxylic acids is 1. The molecular weight excluding hydrogens is 103 g/mol. The van der Waals surface area contributed by atoms with Gasteiger partial charge in [0.05, 0.1) is 6.26 Å². The standard InChI is InChI=1S/C3H3O2.ClH/c4-2-1-3-5;/h1-2,4H;1H. The molecule has 0 atom stereocenters. The van der Waals surface area contributed by atoms with Gasteiger partial charge in [0, 0.05) is 6.08 Å². The molecule has 0 aromatic rings. The van der Waals surface area contributed by atoms with Crippen molar-refractivity contribution in [3.63, 3.8) is 0 Å². The van der Waals surface area contributed by atoms with E-state index in [-0.39, 0.29) is 12.4 Å². The van der Waals surface area contributed by atoms with Crippen molar-refractivity contribution >= 4 is 18.7 Å². The molecular formula is C3H4ClO2. The van der Waals surface area contributed by atoms with Crippen LogP contribution in [0.1, 0.15) is 0 Å². The van der Waals surface area contributed by atoms with Crippen molar-refractivity contribution in [2.75, 3.05) is 0 Å². The highest BCUT2D eigenvalue weighted by atomic mass is 35.5. The zero-order valence-electron chi connectivity index (χ0n) is 2.92. The van der Waals surface area contributed by atoms with Crippen LogP contribution >= 0.6 is 12.4 Å². The molecule has 1 radical (unpaired) electrons. The molecule has 0 amide bonds. The van der Waals surface area contributed by atoms with Crippen LogP contribution in [0.25, 0.3) is 0 Å². The summed E-state index contributed by atoms with van der Waals surface area (Å²) < 4.78 is 0. The largest absolute Gasteiger partial charge is 0.515 e. The lowest BCUT2D eigenvalue weighted by Crippen LogP contribution is -1.53. The highest BCUT2D eigenvalue weighted by Crippen LogP contribution is 1.49. The maximum Gasteiger partial charge on any atom is 0.228 e. The maximum absolute atomic E-state index is 9.03. The van der Waals surface area contributed by atoms with Crippen LogP contribution < -0.4 is 0 Å². The summed E-state index contributed by atoms with van der Waals surface area (Å²) in [6.07, 6.45) is 2.84. The molecule has 0 unspecified atom stereocenters. The summed E-state index contributed by atoms with van der Waals surface area (Å²) in [5.74, 6) is 0. The van der Waals surface area contributed by atoms with Gasteiger partial charge in [0.2, 0.25) is 6.29 Å². The van der Waals surface area contributed by atoms with E-state index in [2.05, 4.69) is 0 Å². The molecule has 0 aliphatic rings. The first-order chi connectivity index (χ1) is 2.41. The molecule has 3 heteroatoms. The Kier molecular flexibility index (Phi) is 13.4. The van der Waals surface area contributed by atoms with E-state index in [4.69, 9.17) is 9.90 Å². The van der Waals surface area contributed by atoms with Gasteiger partial charge in [0.15, 0.2) is 0 Å². The van der Waals surface area contributed by atoms with Gasteiger partial charge in [-0.15, -0.1) is 12.4 Å². The van der Waals surface area contributed by atoms with Crippen LogP contribution in [-0.4, -0.2) is 11.4 Å². The Hall–Kier alpha value is -0.500. The highest BCUT2D eigenvalue weighted by molar-refractivity contribution is 5.85. The molecule has 0 bridgehead atoms. The van der Waals surface area contributed by atoms with Crippen LogP contribution in [0, 0.1) is 0 Å². The third kappa shape index (κ3) is 9.72. The minimum Gasteiger partial charge on any atom is -0.515 e. The van der Waals surface area contributed by atoms with Gasteiger partial charge in [0.1, 0.15) is 0 Å². The summed E-state index contributed by atoms with van der Waals surface area (Å²) in [6, 6.07) is 0. The number of aliphatic hydroxyl groups is 1. The predicted molar refractivity (Wildman–Crippen MR) is 24.7 cm³/mol. The fourth-order valence-corrected chi connectivity index (χ4v) is 0.0304. The molecule has 0 aromatic heterocycles. The summed E-state index contributed by atoms with van der Waals surface area (Å²) >= 11 is 0. The molecule has 35 valence electrons. The van der Waals surface area contributed by atoms with E-state index >= 15 is 0 Å². The molecule has 2 nitrogen and oxygen atoms in total. The smallest absolute Gasteiger partial charge is 0.228 e. The molecule has 0 rings (SSSR count). The summed E-state index contributed by atoms with van der Waals surface area (Å²) in [5, 5.41) is 7.62. The lowest BCUT2D eigenvalue weighted by molar-refractivity contribution is 0.473. The number of rotatable bonds is 1. The van der Waals surface area contributed by atoms with Crippen molar-refractivity contribution in [2.24, 2.45) is 0 Å². The molecule has 0 aromatic carbocycles. The first-order valence-electron chi connectivity index (χ1n) is 1.08. The van der Waals surface area contributed by atoms with E-state index in [0.717, 1.165) is 6.08 Å². The average molecular weight is 108 g/mol. The number of allylic oxidation sites excluding steroid dienone is 1. The van der Waals surface area contributed by atoms with E-state index in [1.807, 2.05) is 0 Å². The van der Waals surface area contributed by atoms with Crippen molar-refractivity contribution in [2.45, 2.75) is 0 Å². The van der Waals surface area contributed by atoms with Crippen LogP contribution in [0.4, 0.5) is 0 Å². The minimum absolute atomic E-state index is 0. The number of aliphatic hydroxyl groups excluding tert-OH is 1. The molecule has 0 heterocycles. The van der Waals surface area contributed by atoms with Gasteiger partial charge >= 0.3 is 0 Å². The van der Waals surface area contributed by atoms with Crippen molar-refractivity contribution in [1.82, 2.24) is 0 Å². The quantitative estimate of drug-likeness (QED) is 0.393. The van der Waals surface area contributed by atoms with E-state index in [0.29, 0.717) is 6.26 Å². The van der Waals surface area contributed by atoms with Crippen LogP contribution in [0.5, 0.6) is 0 Å². The van der Waals surface area contributed by atoms with Crippen molar-refractivity contribution < 1.29 is 9.90 Å². The van der Waals surface area contributed by atoms with E-state index < -0.39 is 0 Å². The van der Waals surface area contributed by atoms with Gasteiger partial charge < -0.3 is 5.11 Å². The number of hydrogen-bond donors (Lipinski definition) is 1. The van der Waals surface area contributed by atoms with E-state index in [1.54, 1.807) is 0 Å². The highest BCUT2D eigenvalue weighted by Gasteiger charge is 1.53. The third-order valence-electron chi connectivity index (χ3n) is 0.143. The van der Waals surface area contributed by atoms with Gasteiger partial charge in [-0.05, 0) is 0 Å². The molecule has 0 aliphatic carbocycles. The first-order valence-corrected chi connectivity index (χ1v) is 1.08. The van der Waals surface area contributed by atoms with Gasteiger partial charge in [-0.3, -0.25) is 4.79 Å². The summed E-state index contributed by atoms with van der Waals surface area (Å²) in [7, 11) is 0. The second-order valence-corrected chi connectivity index (χ2v) is 0.434. The fourth-order valence-electron chi connectivity index (χ4n) is 0.0304. The third-order valence-corrected chi connectivity index (χ3v) is 0.143. The maximum atomic E-state index is 9.03. The van der Waals surface area contributed by atoms with Gasteiger partial charge in [-0.25, -0.2) is 0 Å². The molecule has 0 saturated heterocycles. The van der Waals surface area contributed by atoms with Crippen molar-refractivity contribution in [3.05, 3.63) is 12.3 Å². The summed E-state index contributed by atoms with van der Waals surface area (Å²) in [6.45, 7) is 0. The van der Waals surface area contributed by atoms with E-state index in [9.17, 15) is 0 Å². The number of hydrogen-bond acceptors (Lipinski definition) is 2. The molecule has 0 spiro atoms. The van der Waals surface area contributed by atoms with Crippen LogP contribution in [-0.2, 0) is 4.79 Å². The normalized spacial score (nSPS) is 7.33. The predicted octanol–water partition coefficient (Wildman–Crippen LogP) is 0.590. The number of halogens is 1. The van der Waals surface area contributed by atoms with Gasteiger partial charge in [0.25, 0.3) is 0 Å². The van der Waals surface area contributed by atoms with Crippen molar-refractivity contribution in [1.29, 1.82) is 0 Å². The van der Waals surface area contributed by atoms with Crippen LogP contribution in [0.15, 0.2) is 12.3 Å². The lowest BCUT2D eigenvalue weighted by Gasteiger charge is -1.52. The average Bonchev–Trinajstić information content (AvgIpc) is 1.41. The molecule has 1 N–H and O–H groups in total. The Morgan fingerprint density at radius 1 is 1.67 bits per heavy atom. The topological polar surface area (TPSA) is 37.3 Å². The molecule has 0 fully saturated rings. The lowest BCUT2D eigenvalue weighted by atomic mass is 10.7. The molecule has 0 aliphatic heterocycles. The van der Waals surface area contributed by atoms with Crippen LogP contribution in [0.3, 0.4) is 0 Å². The Morgan fingerprint density at radius 2 is 2.17 bits per heavy atom. The molecule has 6 heavy (non-hydrogen) atoms. The van der Waals surface area contributed by atoms with Gasteiger partial charge in [-0.2, -0.15) is 0 Å². The zero-order chi connectivity index (χ0) is 4.12. The summed E-state index contributed by atoms with van der Waals surface area (Å²) in [4.78, 5) is 9.03. The Morgan fingerprint density at radius 3 is 2.17 bits per heavy atom. The second kappa shape index (κ2) is 8.82. The van der Waals surface area contributed by atoms with Gasteiger partial charge in [-0.1, -0.05) is 0 Å². The Balaban J connectivity index is 0. The minimum atomic E-state index is 0. The monoisotopic (exact) mass is 107 g/mol. The summed E-state index contributed by atoms with van der Waals surface area (Å²) in [5.41, 5.74) is 0. The fraction of sp³-hybridized carbons (Fsp3) is 0. The second-order valence-electron chi connectivity index (χ2n) is 0.434. The van der Waals surface area contributed by atoms with E-state index in [1.165, 1.54) is 6.29 Å². The first kappa shape index (κ1) is 9.09. The SMILES string of the molecule is Cl.O=[C]C=CO. The van der Waals surface area contributed by atoms with Crippen molar-refractivity contribution in [3.8, 4) is 0 Å². The zero-order valence-corrected chi connectivity index (χ0v) is 3.73. The molecule has 0 saturated carbocycles. The Labute approximate surface area is 41.9 Å². The van der Waals surface area contributed by atoms with Crippen LogP contribution in [0.2, 0.25) is 0 Å². The Bertz CT molecular complexity index is 50.8.